The first-order chi connectivity index (χ1) is 12.1. The van der Waals surface area contributed by atoms with Crippen LogP contribution < -0.4 is 15.4 Å². The van der Waals surface area contributed by atoms with Crippen LogP contribution in [0.3, 0.4) is 0 Å². The van der Waals surface area contributed by atoms with Crippen LogP contribution in [0, 0.1) is 5.92 Å². The van der Waals surface area contributed by atoms with Crippen molar-refractivity contribution in [3.05, 3.63) is 59.9 Å². The minimum atomic E-state index is -0.288. The first kappa shape index (κ1) is 18.9. The highest BCUT2D eigenvalue weighted by Crippen LogP contribution is 2.18. The molecule has 0 fully saturated rings. The fourth-order valence-corrected chi connectivity index (χ4v) is 2.25. The molecule has 1 amide bonds. The number of nitrogens with zero attached hydrogens (tertiary/aromatic N) is 1. The molecule has 2 aromatic rings. The van der Waals surface area contributed by atoms with E-state index in [1.54, 1.807) is 30.6 Å². The first-order valence-corrected chi connectivity index (χ1v) is 8.67. The van der Waals surface area contributed by atoms with Crippen molar-refractivity contribution in [2.75, 3.05) is 6.61 Å². The molecule has 6 heteroatoms. The van der Waals surface area contributed by atoms with Gasteiger partial charge in [0, 0.05) is 18.9 Å². The van der Waals surface area contributed by atoms with Gasteiger partial charge in [-0.05, 0) is 48.3 Å². The quantitative estimate of drug-likeness (QED) is 0.745. The molecule has 0 radical (unpaired) electrons. The summed E-state index contributed by atoms with van der Waals surface area (Å²) in [6.45, 7) is 5.34. The van der Waals surface area contributed by atoms with Crippen LogP contribution in [0.4, 0.5) is 0 Å². The molecule has 2 N–H and O–H groups in total. The van der Waals surface area contributed by atoms with Gasteiger partial charge in [0.2, 0.25) is 0 Å². The highest BCUT2D eigenvalue weighted by atomic mass is 32.1. The van der Waals surface area contributed by atoms with Crippen molar-refractivity contribution in [1.82, 2.24) is 15.6 Å². The van der Waals surface area contributed by atoms with E-state index in [0.29, 0.717) is 30.4 Å². The Hall–Kier alpha value is -2.47. The van der Waals surface area contributed by atoms with Gasteiger partial charge in [-0.3, -0.25) is 15.1 Å². The minimum Gasteiger partial charge on any atom is -0.493 e. The second-order valence-corrected chi connectivity index (χ2v) is 6.43. The number of hydrogen-bond acceptors (Lipinski definition) is 4. The van der Waals surface area contributed by atoms with Gasteiger partial charge in [-0.2, -0.15) is 0 Å². The van der Waals surface area contributed by atoms with Crippen LogP contribution in [0.15, 0.2) is 48.8 Å². The van der Waals surface area contributed by atoms with E-state index in [1.807, 2.05) is 18.2 Å². The lowest BCUT2D eigenvalue weighted by molar-refractivity contribution is 0.0972. The summed E-state index contributed by atoms with van der Waals surface area (Å²) in [5, 5.41) is 5.95. The molecular weight excluding hydrogens is 334 g/mol. The molecule has 0 saturated heterocycles. The predicted octanol–water partition coefficient (Wildman–Crippen LogP) is 3.31. The van der Waals surface area contributed by atoms with E-state index < -0.39 is 0 Å². The molecule has 0 unspecified atom stereocenters. The summed E-state index contributed by atoms with van der Waals surface area (Å²) in [7, 11) is 0. The van der Waals surface area contributed by atoms with Gasteiger partial charge in [0.05, 0.1) is 12.2 Å². The Bertz CT molecular complexity index is 705. The molecule has 1 aromatic heterocycles. The summed E-state index contributed by atoms with van der Waals surface area (Å²) >= 11 is 5.19. The van der Waals surface area contributed by atoms with E-state index in [4.69, 9.17) is 17.0 Å². The molecule has 0 aliphatic carbocycles. The van der Waals surface area contributed by atoms with Crippen LogP contribution in [0.2, 0.25) is 0 Å². The summed E-state index contributed by atoms with van der Waals surface area (Å²) in [5.74, 6) is 0.824. The maximum absolute atomic E-state index is 12.5. The zero-order valence-corrected chi connectivity index (χ0v) is 15.3. The summed E-state index contributed by atoms with van der Waals surface area (Å²) in [4.78, 5) is 16.5. The number of pyridine rings is 1. The van der Waals surface area contributed by atoms with Gasteiger partial charge in [-0.15, -0.1) is 0 Å². The van der Waals surface area contributed by atoms with Crippen molar-refractivity contribution in [2.24, 2.45) is 5.92 Å². The zero-order valence-electron chi connectivity index (χ0n) is 14.5. The van der Waals surface area contributed by atoms with Crippen molar-refractivity contribution < 1.29 is 9.53 Å². The van der Waals surface area contributed by atoms with Crippen molar-refractivity contribution in [3.63, 3.8) is 0 Å². The van der Waals surface area contributed by atoms with Gasteiger partial charge in [0.15, 0.2) is 5.11 Å². The maximum atomic E-state index is 12.5. The molecule has 2 rings (SSSR count). The van der Waals surface area contributed by atoms with Crippen molar-refractivity contribution >= 4 is 23.2 Å². The lowest BCUT2D eigenvalue weighted by Crippen LogP contribution is -2.39. The molecular formula is C19H23N3O2S. The van der Waals surface area contributed by atoms with Gasteiger partial charge in [0.1, 0.15) is 5.75 Å². The Morgan fingerprint density at radius 2 is 2.04 bits per heavy atom. The molecule has 0 saturated carbocycles. The van der Waals surface area contributed by atoms with Gasteiger partial charge in [0.25, 0.3) is 5.91 Å². The third kappa shape index (κ3) is 6.51. The normalized spacial score (nSPS) is 10.4. The van der Waals surface area contributed by atoms with E-state index in [1.165, 1.54) is 0 Å². The Balaban J connectivity index is 1.90. The van der Waals surface area contributed by atoms with Crippen LogP contribution in [0.1, 0.15) is 36.2 Å². The largest absolute Gasteiger partial charge is 0.493 e. The fraction of sp³-hybridized carbons (Fsp3) is 0.316. The standard InChI is InChI=1S/C19H23N3O2S/c1-14(2)9-11-24-17-8-4-3-7-16(17)18(23)22-19(25)21-13-15-6-5-10-20-12-15/h3-8,10,12,14H,9,11,13H2,1-2H3,(H2,21,22,23,25). The monoisotopic (exact) mass is 357 g/mol. The number of ether oxygens (including phenoxy) is 1. The molecule has 25 heavy (non-hydrogen) atoms. The average Bonchev–Trinajstić information content (AvgIpc) is 2.61. The Kier molecular flexibility index (Phi) is 7.35. The lowest BCUT2D eigenvalue weighted by atomic mass is 10.1. The minimum absolute atomic E-state index is 0.269. The lowest BCUT2D eigenvalue weighted by Gasteiger charge is -2.13. The SMILES string of the molecule is CC(C)CCOc1ccccc1C(=O)NC(=S)NCc1cccnc1. The molecule has 1 heterocycles. The molecule has 1 aromatic carbocycles. The van der Waals surface area contributed by atoms with E-state index in [9.17, 15) is 4.79 Å². The molecule has 0 aliphatic heterocycles. The highest BCUT2D eigenvalue weighted by molar-refractivity contribution is 7.80. The number of hydrogen-bond donors (Lipinski definition) is 2. The van der Waals surface area contributed by atoms with Gasteiger partial charge < -0.3 is 10.1 Å². The number of carbonyl (C=O) groups is 1. The van der Waals surface area contributed by atoms with Gasteiger partial charge >= 0.3 is 0 Å². The van der Waals surface area contributed by atoms with Crippen LogP contribution in [-0.4, -0.2) is 22.6 Å². The number of para-hydroxylation sites is 1. The molecule has 0 aliphatic rings. The number of aromatic nitrogens is 1. The summed E-state index contributed by atoms with van der Waals surface area (Å²) in [6.07, 6.45) is 4.39. The number of benzene rings is 1. The number of amides is 1. The second kappa shape index (κ2) is 9.74. The molecule has 132 valence electrons. The summed E-state index contributed by atoms with van der Waals surface area (Å²) in [6, 6.07) is 11.0. The van der Waals surface area contributed by atoms with Crippen LogP contribution in [0.25, 0.3) is 0 Å². The summed E-state index contributed by atoms with van der Waals surface area (Å²) in [5.41, 5.74) is 1.45. The van der Waals surface area contributed by atoms with Gasteiger partial charge in [-0.1, -0.05) is 32.0 Å². The van der Waals surface area contributed by atoms with Crippen molar-refractivity contribution in [3.8, 4) is 5.75 Å². The smallest absolute Gasteiger partial charge is 0.261 e. The van der Waals surface area contributed by atoms with Crippen LogP contribution in [-0.2, 0) is 6.54 Å². The third-order valence-corrected chi connectivity index (χ3v) is 3.73. The Morgan fingerprint density at radius 1 is 1.24 bits per heavy atom. The average molecular weight is 357 g/mol. The number of carbonyl (C=O) groups excluding carboxylic acids is 1. The van der Waals surface area contributed by atoms with E-state index in [-0.39, 0.29) is 11.0 Å². The molecule has 5 nitrogen and oxygen atoms in total. The maximum Gasteiger partial charge on any atom is 0.261 e. The van der Waals surface area contributed by atoms with Gasteiger partial charge in [-0.25, -0.2) is 0 Å². The predicted molar refractivity (Wildman–Crippen MR) is 103 cm³/mol. The number of thiocarbonyl (C=S) groups is 1. The van der Waals surface area contributed by atoms with E-state index >= 15 is 0 Å². The van der Waals surface area contributed by atoms with Crippen LogP contribution in [0.5, 0.6) is 5.75 Å². The Morgan fingerprint density at radius 3 is 2.76 bits per heavy atom. The first-order valence-electron chi connectivity index (χ1n) is 8.26. The van der Waals surface area contributed by atoms with Crippen LogP contribution >= 0.6 is 12.2 Å². The third-order valence-electron chi connectivity index (χ3n) is 3.49. The second-order valence-electron chi connectivity index (χ2n) is 6.03. The number of rotatable bonds is 7. The molecule has 0 bridgehead atoms. The topological polar surface area (TPSA) is 63.2 Å². The zero-order chi connectivity index (χ0) is 18.1. The highest BCUT2D eigenvalue weighted by Gasteiger charge is 2.13. The van der Waals surface area contributed by atoms with Crippen molar-refractivity contribution in [2.45, 2.75) is 26.8 Å². The molecule has 0 spiro atoms. The number of nitrogens with one attached hydrogen (secondary N) is 2. The van der Waals surface area contributed by atoms with Crippen molar-refractivity contribution in [1.29, 1.82) is 0 Å². The Labute approximate surface area is 153 Å². The summed E-state index contributed by atoms with van der Waals surface area (Å²) < 4.78 is 5.75. The van der Waals surface area contributed by atoms with E-state index in [2.05, 4.69) is 29.5 Å². The fourth-order valence-electron chi connectivity index (χ4n) is 2.08. The van der Waals surface area contributed by atoms with E-state index in [0.717, 1.165) is 12.0 Å². The molecule has 0 atom stereocenters.